The fraction of sp³-hybridized carbons (Fsp3) is 0.889. The minimum absolute atomic E-state index is 0.601. The molecule has 1 atom stereocenters. The summed E-state index contributed by atoms with van der Waals surface area (Å²) in [6.07, 6.45) is 6.90. The number of nitrogens with zero attached hydrogens (tertiary/aromatic N) is 1. The Morgan fingerprint density at radius 3 is 2.75 bits per heavy atom. The van der Waals surface area contributed by atoms with Gasteiger partial charge < -0.3 is 11.1 Å². The molecule has 2 aliphatic rings. The lowest BCUT2D eigenvalue weighted by Crippen LogP contribution is -2.35. The topological polar surface area (TPSA) is 50.4 Å². The van der Waals surface area contributed by atoms with Crippen molar-refractivity contribution in [1.29, 1.82) is 0 Å². The number of guanidine groups is 1. The fourth-order valence-electron chi connectivity index (χ4n) is 2.43. The molecule has 1 spiro atoms. The summed E-state index contributed by atoms with van der Waals surface area (Å²) in [6.45, 7) is 0. The molecule has 1 unspecified atom stereocenters. The van der Waals surface area contributed by atoms with Crippen molar-refractivity contribution in [3.8, 4) is 0 Å². The van der Waals surface area contributed by atoms with E-state index in [1.54, 1.807) is 7.05 Å². The Hall–Kier alpha value is -0.730. The largest absolute Gasteiger partial charge is 0.370 e. The van der Waals surface area contributed by atoms with Gasteiger partial charge in [-0.25, -0.2) is 0 Å². The highest BCUT2D eigenvalue weighted by molar-refractivity contribution is 5.78. The molecule has 2 aliphatic carbocycles. The summed E-state index contributed by atoms with van der Waals surface area (Å²) in [5.74, 6) is 0.601. The maximum Gasteiger partial charge on any atom is 0.188 e. The van der Waals surface area contributed by atoms with Gasteiger partial charge in [0.25, 0.3) is 0 Å². The molecule has 0 aromatic heterocycles. The van der Waals surface area contributed by atoms with Crippen LogP contribution in [-0.4, -0.2) is 19.0 Å². The average Bonchev–Trinajstić information content (AvgIpc) is 2.51. The summed E-state index contributed by atoms with van der Waals surface area (Å²) >= 11 is 0. The Bertz CT molecular complexity index is 204. The smallest absolute Gasteiger partial charge is 0.188 e. The lowest BCUT2D eigenvalue weighted by Gasteiger charge is -2.09. The van der Waals surface area contributed by atoms with Crippen molar-refractivity contribution in [3.05, 3.63) is 0 Å². The van der Waals surface area contributed by atoms with E-state index in [9.17, 15) is 0 Å². The molecular weight excluding hydrogens is 150 g/mol. The van der Waals surface area contributed by atoms with Crippen LogP contribution in [0.1, 0.15) is 32.1 Å². The molecule has 0 bridgehead atoms. The summed E-state index contributed by atoms with van der Waals surface area (Å²) in [6, 6.07) is 0.628. The molecule has 68 valence electrons. The predicted octanol–water partition coefficient (Wildman–Crippen LogP) is 0.853. The number of nitrogens with one attached hydrogen (secondary N) is 1. The number of aliphatic imine (C=N–C) groups is 1. The van der Waals surface area contributed by atoms with Crippen molar-refractivity contribution in [2.45, 2.75) is 38.1 Å². The van der Waals surface area contributed by atoms with Crippen LogP contribution in [0.5, 0.6) is 0 Å². The first-order chi connectivity index (χ1) is 5.77. The van der Waals surface area contributed by atoms with Crippen LogP contribution in [0.25, 0.3) is 0 Å². The van der Waals surface area contributed by atoms with Crippen molar-refractivity contribution in [2.75, 3.05) is 7.05 Å². The van der Waals surface area contributed by atoms with Crippen molar-refractivity contribution in [1.82, 2.24) is 5.32 Å². The van der Waals surface area contributed by atoms with Crippen LogP contribution in [0, 0.1) is 5.41 Å². The standard InChI is InChI=1S/C9H17N3/c1-11-8(10)12-7-6-9(7)4-2-3-5-9/h7H,2-6H2,1H3,(H3,10,11,12). The van der Waals surface area contributed by atoms with E-state index in [-0.39, 0.29) is 0 Å². The molecule has 3 nitrogen and oxygen atoms in total. The molecule has 0 saturated heterocycles. The van der Waals surface area contributed by atoms with Gasteiger partial charge >= 0.3 is 0 Å². The van der Waals surface area contributed by atoms with Gasteiger partial charge in [0.15, 0.2) is 5.96 Å². The Labute approximate surface area is 73.4 Å². The third kappa shape index (κ3) is 1.17. The van der Waals surface area contributed by atoms with Gasteiger partial charge in [0.05, 0.1) is 0 Å². The fourth-order valence-corrected chi connectivity index (χ4v) is 2.43. The Morgan fingerprint density at radius 1 is 1.50 bits per heavy atom. The number of nitrogens with two attached hydrogens (primary N) is 1. The van der Waals surface area contributed by atoms with E-state index in [4.69, 9.17) is 5.73 Å². The second kappa shape index (κ2) is 2.64. The van der Waals surface area contributed by atoms with E-state index in [1.807, 2.05) is 0 Å². The minimum atomic E-state index is 0.601. The van der Waals surface area contributed by atoms with Gasteiger partial charge in [-0.05, 0) is 24.7 Å². The predicted molar refractivity (Wildman–Crippen MR) is 50.0 cm³/mol. The highest BCUT2D eigenvalue weighted by Crippen LogP contribution is 2.57. The molecule has 0 radical (unpaired) electrons. The molecule has 2 fully saturated rings. The highest BCUT2D eigenvalue weighted by Gasteiger charge is 2.55. The van der Waals surface area contributed by atoms with Crippen LogP contribution in [0.3, 0.4) is 0 Å². The van der Waals surface area contributed by atoms with E-state index < -0.39 is 0 Å². The van der Waals surface area contributed by atoms with Crippen LogP contribution in [0.4, 0.5) is 0 Å². The summed E-state index contributed by atoms with van der Waals surface area (Å²) in [4.78, 5) is 3.91. The third-order valence-corrected chi connectivity index (χ3v) is 3.35. The zero-order valence-electron chi connectivity index (χ0n) is 7.64. The summed E-state index contributed by atoms with van der Waals surface area (Å²) in [5.41, 5.74) is 6.22. The van der Waals surface area contributed by atoms with E-state index in [0.29, 0.717) is 17.4 Å². The van der Waals surface area contributed by atoms with Crippen LogP contribution >= 0.6 is 0 Å². The summed E-state index contributed by atoms with van der Waals surface area (Å²) in [7, 11) is 1.73. The molecule has 0 aliphatic heterocycles. The number of rotatable bonds is 1. The molecule has 12 heavy (non-hydrogen) atoms. The van der Waals surface area contributed by atoms with Crippen molar-refractivity contribution in [3.63, 3.8) is 0 Å². The average molecular weight is 167 g/mol. The van der Waals surface area contributed by atoms with E-state index in [1.165, 1.54) is 32.1 Å². The van der Waals surface area contributed by atoms with Crippen LogP contribution in [-0.2, 0) is 0 Å². The first-order valence-corrected chi connectivity index (χ1v) is 4.76. The molecular formula is C9H17N3. The van der Waals surface area contributed by atoms with Crippen molar-refractivity contribution >= 4 is 5.96 Å². The summed E-state index contributed by atoms with van der Waals surface area (Å²) < 4.78 is 0. The lowest BCUT2D eigenvalue weighted by molar-refractivity contribution is 0.496. The Balaban J connectivity index is 1.87. The Kier molecular flexibility index (Phi) is 1.74. The molecule has 0 aromatic rings. The molecule has 0 amide bonds. The Morgan fingerprint density at radius 2 is 2.17 bits per heavy atom. The van der Waals surface area contributed by atoms with Crippen LogP contribution in [0.2, 0.25) is 0 Å². The van der Waals surface area contributed by atoms with Gasteiger partial charge in [0.2, 0.25) is 0 Å². The lowest BCUT2D eigenvalue weighted by atomic mass is 10.1. The van der Waals surface area contributed by atoms with Gasteiger partial charge in [-0.1, -0.05) is 12.8 Å². The van der Waals surface area contributed by atoms with Gasteiger partial charge in [0.1, 0.15) is 0 Å². The SMILES string of the molecule is CN=C(N)NC1CC12CCCC2. The zero-order valence-corrected chi connectivity index (χ0v) is 7.64. The monoisotopic (exact) mass is 167 g/mol. The zero-order chi connectivity index (χ0) is 8.60. The van der Waals surface area contributed by atoms with Crippen molar-refractivity contribution < 1.29 is 0 Å². The van der Waals surface area contributed by atoms with E-state index >= 15 is 0 Å². The molecule has 3 N–H and O–H groups in total. The van der Waals surface area contributed by atoms with E-state index in [0.717, 1.165) is 0 Å². The first kappa shape index (κ1) is 7.90. The van der Waals surface area contributed by atoms with Gasteiger partial charge in [0, 0.05) is 13.1 Å². The van der Waals surface area contributed by atoms with Crippen LogP contribution < -0.4 is 11.1 Å². The number of hydrogen-bond donors (Lipinski definition) is 2. The maximum absolute atomic E-state index is 5.60. The second-order valence-electron chi connectivity index (χ2n) is 4.08. The molecule has 3 heteroatoms. The number of hydrogen-bond acceptors (Lipinski definition) is 1. The first-order valence-electron chi connectivity index (χ1n) is 4.76. The second-order valence-corrected chi connectivity index (χ2v) is 4.08. The third-order valence-electron chi connectivity index (χ3n) is 3.35. The highest BCUT2D eigenvalue weighted by atomic mass is 15.1. The molecule has 0 heterocycles. The maximum atomic E-state index is 5.60. The molecule has 0 aromatic carbocycles. The van der Waals surface area contributed by atoms with Gasteiger partial charge in [-0.2, -0.15) is 0 Å². The van der Waals surface area contributed by atoms with E-state index in [2.05, 4.69) is 10.3 Å². The van der Waals surface area contributed by atoms with Crippen molar-refractivity contribution in [2.24, 2.45) is 16.1 Å². The normalized spacial score (nSPS) is 32.4. The van der Waals surface area contributed by atoms with Crippen LogP contribution in [0.15, 0.2) is 4.99 Å². The minimum Gasteiger partial charge on any atom is -0.370 e. The van der Waals surface area contributed by atoms with Gasteiger partial charge in [-0.15, -0.1) is 0 Å². The summed E-state index contributed by atoms with van der Waals surface area (Å²) in [5, 5.41) is 3.26. The van der Waals surface area contributed by atoms with Gasteiger partial charge in [-0.3, -0.25) is 4.99 Å². The quantitative estimate of drug-likeness (QED) is 0.449. The molecule has 2 saturated carbocycles. The molecule has 2 rings (SSSR count).